The van der Waals surface area contributed by atoms with E-state index in [0.29, 0.717) is 16.9 Å². The first-order valence-electron chi connectivity index (χ1n) is 9.30. The summed E-state index contributed by atoms with van der Waals surface area (Å²) in [4.78, 5) is 25.4. The van der Waals surface area contributed by atoms with E-state index in [1.54, 1.807) is 18.5 Å². The first-order chi connectivity index (χ1) is 14.1. The summed E-state index contributed by atoms with van der Waals surface area (Å²) >= 11 is 0. The van der Waals surface area contributed by atoms with E-state index >= 15 is 0 Å². The van der Waals surface area contributed by atoms with Crippen LogP contribution in [0.15, 0.2) is 54.9 Å². The molecule has 1 aliphatic rings. The van der Waals surface area contributed by atoms with Gasteiger partial charge in [0.2, 0.25) is 0 Å². The zero-order valence-corrected chi connectivity index (χ0v) is 15.8. The molecule has 2 N–H and O–H groups in total. The summed E-state index contributed by atoms with van der Waals surface area (Å²) < 4.78 is 19.7. The largest absolute Gasteiger partial charge is 0.486 e. The Morgan fingerprint density at radius 3 is 2.69 bits per heavy atom. The van der Waals surface area contributed by atoms with Crippen LogP contribution in [0.25, 0.3) is 0 Å². The SMILES string of the molecule is CNC(=O)c1cc(C(=O)Cc2cn[nH]c2)cc2c1O[C@H](CF)[C@H]2c1ccccc1. The van der Waals surface area contributed by atoms with Gasteiger partial charge in [0.1, 0.15) is 18.5 Å². The van der Waals surface area contributed by atoms with E-state index in [9.17, 15) is 14.0 Å². The number of carbonyl (C=O) groups excluding carboxylic acids is 2. The minimum absolute atomic E-state index is 0.145. The molecule has 1 amide bonds. The van der Waals surface area contributed by atoms with Crippen LogP contribution in [0.2, 0.25) is 0 Å². The molecule has 4 rings (SSSR count). The number of H-pyrrole nitrogens is 1. The number of alkyl halides is 1. The number of hydrogen-bond donors (Lipinski definition) is 2. The number of aromatic amines is 1. The molecule has 0 aliphatic carbocycles. The molecule has 148 valence electrons. The van der Waals surface area contributed by atoms with Crippen molar-refractivity contribution < 1.29 is 18.7 Å². The molecule has 0 bridgehead atoms. The van der Waals surface area contributed by atoms with Gasteiger partial charge in [0.05, 0.1) is 17.7 Å². The fourth-order valence-corrected chi connectivity index (χ4v) is 3.73. The summed E-state index contributed by atoms with van der Waals surface area (Å²) in [5.74, 6) is -0.609. The lowest BCUT2D eigenvalue weighted by Gasteiger charge is -2.16. The fourth-order valence-electron chi connectivity index (χ4n) is 3.73. The molecule has 2 atom stereocenters. The van der Waals surface area contributed by atoms with Crippen LogP contribution in [0.1, 0.15) is 43.3 Å². The molecule has 6 nitrogen and oxygen atoms in total. The van der Waals surface area contributed by atoms with E-state index in [1.807, 2.05) is 30.3 Å². The molecule has 29 heavy (non-hydrogen) atoms. The van der Waals surface area contributed by atoms with Crippen molar-refractivity contribution in [2.45, 2.75) is 18.4 Å². The molecule has 3 aromatic rings. The van der Waals surface area contributed by atoms with Crippen molar-refractivity contribution in [2.24, 2.45) is 0 Å². The molecule has 0 radical (unpaired) electrons. The summed E-state index contributed by atoms with van der Waals surface area (Å²) in [6.45, 7) is -0.709. The summed E-state index contributed by atoms with van der Waals surface area (Å²) in [7, 11) is 1.50. The van der Waals surface area contributed by atoms with E-state index in [-0.39, 0.29) is 23.7 Å². The van der Waals surface area contributed by atoms with Gasteiger partial charge in [-0.2, -0.15) is 5.10 Å². The monoisotopic (exact) mass is 393 g/mol. The third-order valence-corrected chi connectivity index (χ3v) is 5.12. The van der Waals surface area contributed by atoms with Gasteiger partial charge in [-0.1, -0.05) is 30.3 Å². The number of aromatic nitrogens is 2. The third kappa shape index (κ3) is 3.51. The Morgan fingerprint density at radius 1 is 1.24 bits per heavy atom. The van der Waals surface area contributed by atoms with Gasteiger partial charge < -0.3 is 10.1 Å². The predicted molar refractivity (Wildman–Crippen MR) is 105 cm³/mol. The zero-order valence-electron chi connectivity index (χ0n) is 15.8. The third-order valence-electron chi connectivity index (χ3n) is 5.12. The van der Waals surface area contributed by atoms with Gasteiger partial charge in [-0.15, -0.1) is 0 Å². The van der Waals surface area contributed by atoms with Crippen molar-refractivity contribution in [3.8, 4) is 5.75 Å². The number of ether oxygens (including phenoxy) is 1. The van der Waals surface area contributed by atoms with Crippen LogP contribution < -0.4 is 10.1 Å². The molecule has 0 unspecified atom stereocenters. The number of hydrogen-bond acceptors (Lipinski definition) is 4. The number of rotatable bonds is 6. The minimum Gasteiger partial charge on any atom is -0.486 e. The van der Waals surface area contributed by atoms with Crippen molar-refractivity contribution in [3.63, 3.8) is 0 Å². The lowest BCUT2D eigenvalue weighted by atomic mass is 9.86. The molecule has 0 saturated heterocycles. The summed E-state index contributed by atoms with van der Waals surface area (Å²) in [6.07, 6.45) is 2.63. The molecule has 0 fully saturated rings. The van der Waals surface area contributed by atoms with E-state index in [2.05, 4.69) is 15.5 Å². The second-order valence-corrected chi connectivity index (χ2v) is 6.93. The zero-order chi connectivity index (χ0) is 20.4. The standard InChI is InChI=1S/C22H20FN3O3/c1-24-22(28)17-9-15(18(27)7-13-11-25-26-12-13)8-16-20(14-5-3-2-4-6-14)19(10-23)29-21(16)17/h2-6,8-9,11-12,19-20H,7,10H2,1H3,(H,24,28)(H,25,26)/t19-,20+/m1/s1. The fraction of sp³-hybridized carbons (Fsp3) is 0.227. The van der Waals surface area contributed by atoms with Gasteiger partial charge in [-0.05, 0) is 23.3 Å². The Labute approximate surface area is 167 Å². The van der Waals surface area contributed by atoms with Crippen LogP contribution in [0.3, 0.4) is 0 Å². The maximum atomic E-state index is 13.8. The number of fused-ring (bicyclic) bond motifs is 1. The lowest BCUT2D eigenvalue weighted by Crippen LogP contribution is -2.22. The number of nitrogens with zero attached hydrogens (tertiary/aromatic N) is 1. The van der Waals surface area contributed by atoms with Crippen molar-refractivity contribution >= 4 is 11.7 Å². The van der Waals surface area contributed by atoms with Gasteiger partial charge >= 0.3 is 0 Å². The van der Waals surface area contributed by atoms with Crippen LogP contribution in [0.4, 0.5) is 4.39 Å². The first kappa shape index (κ1) is 18.9. The van der Waals surface area contributed by atoms with Gasteiger partial charge in [-0.25, -0.2) is 4.39 Å². The van der Waals surface area contributed by atoms with Crippen molar-refractivity contribution in [2.75, 3.05) is 13.7 Å². The molecular formula is C22H20FN3O3. The molecule has 1 aromatic heterocycles. The Hall–Kier alpha value is -3.48. The molecule has 1 aliphatic heterocycles. The maximum Gasteiger partial charge on any atom is 0.254 e. The number of amides is 1. The van der Waals surface area contributed by atoms with Crippen LogP contribution in [-0.2, 0) is 6.42 Å². The topological polar surface area (TPSA) is 84.1 Å². The Kier molecular flexibility index (Phi) is 5.12. The molecule has 0 saturated carbocycles. The Balaban J connectivity index is 1.82. The quantitative estimate of drug-likeness (QED) is 0.631. The molecule has 7 heteroatoms. The van der Waals surface area contributed by atoms with Crippen LogP contribution in [0, 0.1) is 0 Å². The number of Topliss-reactive ketones (excluding diaryl/α,β-unsaturated/α-hetero) is 1. The van der Waals surface area contributed by atoms with E-state index in [4.69, 9.17) is 4.74 Å². The van der Waals surface area contributed by atoms with Gasteiger partial charge in [0.25, 0.3) is 5.91 Å². The summed E-state index contributed by atoms with van der Waals surface area (Å²) in [6, 6.07) is 12.6. The molecule has 2 heterocycles. The summed E-state index contributed by atoms with van der Waals surface area (Å²) in [5, 5.41) is 9.11. The van der Waals surface area contributed by atoms with Crippen molar-refractivity contribution in [1.29, 1.82) is 0 Å². The minimum atomic E-state index is -0.755. The second kappa shape index (κ2) is 7.87. The van der Waals surface area contributed by atoms with E-state index < -0.39 is 18.7 Å². The number of halogens is 1. The molecule has 2 aromatic carbocycles. The van der Waals surface area contributed by atoms with E-state index in [1.165, 1.54) is 13.1 Å². The highest BCUT2D eigenvalue weighted by molar-refractivity contribution is 6.03. The Bertz CT molecular complexity index is 1030. The van der Waals surface area contributed by atoms with Gasteiger partial charge in [0, 0.05) is 30.8 Å². The first-order valence-corrected chi connectivity index (χ1v) is 9.30. The van der Waals surface area contributed by atoms with E-state index in [0.717, 1.165) is 11.1 Å². The van der Waals surface area contributed by atoms with Crippen LogP contribution in [-0.4, -0.2) is 41.7 Å². The number of benzene rings is 2. The molecule has 0 spiro atoms. The van der Waals surface area contributed by atoms with Gasteiger partial charge in [-0.3, -0.25) is 14.7 Å². The smallest absolute Gasteiger partial charge is 0.254 e. The molecular weight excluding hydrogens is 373 g/mol. The van der Waals surface area contributed by atoms with Crippen molar-refractivity contribution in [1.82, 2.24) is 15.5 Å². The highest BCUT2D eigenvalue weighted by Gasteiger charge is 2.39. The second-order valence-electron chi connectivity index (χ2n) is 6.93. The van der Waals surface area contributed by atoms with Crippen LogP contribution >= 0.6 is 0 Å². The number of nitrogens with one attached hydrogen (secondary N) is 2. The summed E-state index contributed by atoms with van der Waals surface area (Å²) in [5.41, 5.74) is 2.88. The normalized spacial score (nSPS) is 17.4. The predicted octanol–water partition coefficient (Wildman–Crippen LogP) is 3.06. The maximum absolute atomic E-state index is 13.8. The van der Waals surface area contributed by atoms with Gasteiger partial charge in [0.15, 0.2) is 5.78 Å². The number of carbonyl (C=O) groups is 2. The highest BCUT2D eigenvalue weighted by Crippen LogP contribution is 2.45. The highest BCUT2D eigenvalue weighted by atomic mass is 19.1. The Morgan fingerprint density at radius 2 is 2.03 bits per heavy atom. The van der Waals surface area contributed by atoms with Crippen molar-refractivity contribution in [3.05, 3.63) is 82.7 Å². The average molecular weight is 393 g/mol. The lowest BCUT2D eigenvalue weighted by molar-refractivity contribution is 0.0955. The number of ketones is 1. The van der Waals surface area contributed by atoms with Crippen LogP contribution in [0.5, 0.6) is 5.75 Å². The average Bonchev–Trinajstić information content (AvgIpc) is 3.40.